The van der Waals surface area contributed by atoms with E-state index in [1.165, 1.54) is 11.1 Å². The van der Waals surface area contributed by atoms with Gasteiger partial charge in [0.05, 0.1) is 30.0 Å². The van der Waals surface area contributed by atoms with Crippen LogP contribution in [0.3, 0.4) is 0 Å². The van der Waals surface area contributed by atoms with Crippen LogP contribution in [-0.4, -0.2) is 26.1 Å². The third kappa shape index (κ3) is 2.13. The number of hydrogen-bond donors (Lipinski definition) is 1. The largest absolute Gasteiger partial charge is 0.390 e. The molecule has 2 aromatic rings. The van der Waals surface area contributed by atoms with Crippen LogP contribution in [0.5, 0.6) is 0 Å². The summed E-state index contributed by atoms with van der Waals surface area (Å²) in [5.41, 5.74) is 4.58. The molecule has 2 rings (SSSR count). The van der Waals surface area contributed by atoms with E-state index in [4.69, 9.17) is 0 Å². The molecule has 16 heavy (non-hydrogen) atoms. The van der Waals surface area contributed by atoms with Crippen molar-refractivity contribution in [2.75, 3.05) is 5.33 Å². The minimum Gasteiger partial charge on any atom is -0.390 e. The van der Waals surface area contributed by atoms with Crippen LogP contribution in [0.15, 0.2) is 18.5 Å². The normalized spacial score (nSPS) is 13.2. The fourth-order valence-electron chi connectivity index (χ4n) is 1.73. The van der Waals surface area contributed by atoms with Crippen molar-refractivity contribution in [1.82, 2.24) is 9.55 Å². The number of nitrogens with zero attached hydrogens (tertiary/aromatic N) is 2. The zero-order valence-corrected chi connectivity index (χ0v) is 11.0. The molecule has 1 N–H and O–H groups in total. The van der Waals surface area contributed by atoms with E-state index in [0.717, 1.165) is 11.0 Å². The lowest BCUT2D eigenvalue weighted by Crippen LogP contribution is -2.16. The maximum absolute atomic E-state index is 9.62. The summed E-state index contributed by atoms with van der Waals surface area (Å²) in [5.74, 6) is 0. The molecule has 0 aliphatic rings. The minimum atomic E-state index is -0.376. The molecule has 3 nitrogen and oxygen atoms in total. The smallest absolute Gasteiger partial charge is 0.0959 e. The second-order valence-corrected chi connectivity index (χ2v) is 4.78. The van der Waals surface area contributed by atoms with Crippen molar-refractivity contribution in [2.45, 2.75) is 26.5 Å². The first kappa shape index (κ1) is 11.6. The van der Waals surface area contributed by atoms with Gasteiger partial charge in [0.1, 0.15) is 0 Å². The first-order valence-electron chi connectivity index (χ1n) is 5.28. The van der Waals surface area contributed by atoms with Gasteiger partial charge in [0, 0.05) is 5.33 Å². The molecule has 4 heteroatoms. The van der Waals surface area contributed by atoms with E-state index in [2.05, 4.69) is 46.9 Å². The van der Waals surface area contributed by atoms with E-state index < -0.39 is 0 Å². The molecule has 1 unspecified atom stereocenters. The van der Waals surface area contributed by atoms with Crippen LogP contribution < -0.4 is 0 Å². The number of aliphatic hydroxyl groups is 1. The average molecular weight is 283 g/mol. The summed E-state index contributed by atoms with van der Waals surface area (Å²) in [5, 5.41) is 10.2. The van der Waals surface area contributed by atoms with Gasteiger partial charge in [-0.15, -0.1) is 0 Å². The van der Waals surface area contributed by atoms with Gasteiger partial charge in [-0.3, -0.25) is 0 Å². The number of aryl methyl sites for hydroxylation is 2. The van der Waals surface area contributed by atoms with Crippen LogP contribution in [-0.2, 0) is 6.54 Å². The van der Waals surface area contributed by atoms with Gasteiger partial charge in [-0.05, 0) is 37.1 Å². The third-order valence-electron chi connectivity index (χ3n) is 2.82. The Morgan fingerprint density at radius 3 is 2.75 bits per heavy atom. The van der Waals surface area contributed by atoms with E-state index in [-0.39, 0.29) is 6.10 Å². The number of imidazole rings is 1. The van der Waals surface area contributed by atoms with Gasteiger partial charge >= 0.3 is 0 Å². The number of rotatable bonds is 3. The van der Waals surface area contributed by atoms with Gasteiger partial charge in [-0.2, -0.15) is 0 Å². The predicted molar refractivity (Wildman–Crippen MR) is 69.0 cm³/mol. The standard InChI is InChI=1S/C12H15BrN2O/c1-8-3-11-12(4-9(8)2)15(7-14-11)6-10(16)5-13/h3-4,7,10,16H,5-6H2,1-2H3. The fraction of sp³-hybridized carbons (Fsp3) is 0.417. The van der Waals surface area contributed by atoms with Gasteiger partial charge in [-0.25, -0.2) is 4.98 Å². The van der Waals surface area contributed by atoms with E-state index in [0.29, 0.717) is 11.9 Å². The number of benzene rings is 1. The second kappa shape index (κ2) is 4.55. The van der Waals surface area contributed by atoms with Gasteiger partial charge in [-0.1, -0.05) is 15.9 Å². The molecule has 1 aromatic heterocycles. The summed E-state index contributed by atoms with van der Waals surface area (Å²) in [6, 6.07) is 4.21. The van der Waals surface area contributed by atoms with Crippen molar-refractivity contribution >= 4 is 27.0 Å². The number of fused-ring (bicyclic) bond motifs is 1. The van der Waals surface area contributed by atoms with Crippen molar-refractivity contribution < 1.29 is 5.11 Å². The Kier molecular flexibility index (Phi) is 3.30. The Morgan fingerprint density at radius 1 is 1.38 bits per heavy atom. The maximum Gasteiger partial charge on any atom is 0.0959 e. The molecule has 0 bridgehead atoms. The van der Waals surface area contributed by atoms with Gasteiger partial charge in [0.25, 0.3) is 0 Å². The van der Waals surface area contributed by atoms with Gasteiger partial charge in [0.2, 0.25) is 0 Å². The van der Waals surface area contributed by atoms with Crippen molar-refractivity contribution in [1.29, 1.82) is 0 Å². The molecule has 0 radical (unpaired) electrons. The first-order valence-corrected chi connectivity index (χ1v) is 6.40. The topological polar surface area (TPSA) is 38.0 Å². The molecule has 1 heterocycles. The van der Waals surface area contributed by atoms with Crippen LogP contribution in [0.2, 0.25) is 0 Å². The highest BCUT2D eigenvalue weighted by molar-refractivity contribution is 9.09. The molecule has 86 valence electrons. The SMILES string of the molecule is Cc1cc2ncn(CC(O)CBr)c2cc1C. The number of aliphatic hydroxyl groups excluding tert-OH is 1. The lowest BCUT2D eigenvalue weighted by molar-refractivity contribution is 0.181. The molecule has 0 aliphatic carbocycles. The number of aromatic nitrogens is 2. The third-order valence-corrected chi connectivity index (χ3v) is 3.57. The molecule has 0 fully saturated rings. The Balaban J connectivity index is 2.44. The maximum atomic E-state index is 9.62. The van der Waals surface area contributed by atoms with Crippen molar-refractivity contribution in [3.05, 3.63) is 29.6 Å². The summed E-state index contributed by atoms with van der Waals surface area (Å²) in [6.45, 7) is 4.75. The fourth-order valence-corrected chi connectivity index (χ4v) is 1.94. The molecule has 0 saturated heterocycles. The molecule has 1 atom stereocenters. The molecule has 0 aliphatic heterocycles. The van der Waals surface area contributed by atoms with Crippen LogP contribution in [0.25, 0.3) is 11.0 Å². The number of alkyl halides is 1. The predicted octanol–water partition coefficient (Wildman–Crippen LogP) is 2.41. The zero-order valence-electron chi connectivity index (χ0n) is 9.44. The summed E-state index contributed by atoms with van der Waals surface area (Å²) in [4.78, 5) is 4.34. The van der Waals surface area contributed by atoms with E-state index in [9.17, 15) is 5.11 Å². The van der Waals surface area contributed by atoms with Crippen molar-refractivity contribution in [3.63, 3.8) is 0 Å². The molecular weight excluding hydrogens is 268 g/mol. The molecule has 1 aromatic carbocycles. The van der Waals surface area contributed by atoms with Gasteiger partial charge in [0.15, 0.2) is 0 Å². The van der Waals surface area contributed by atoms with E-state index in [1.54, 1.807) is 6.33 Å². The number of halogens is 1. The lowest BCUT2D eigenvalue weighted by atomic mass is 10.1. The van der Waals surface area contributed by atoms with Crippen molar-refractivity contribution in [3.8, 4) is 0 Å². The van der Waals surface area contributed by atoms with Crippen LogP contribution in [0.4, 0.5) is 0 Å². The quantitative estimate of drug-likeness (QED) is 0.878. The minimum absolute atomic E-state index is 0.376. The molecule has 0 spiro atoms. The zero-order chi connectivity index (χ0) is 11.7. The lowest BCUT2D eigenvalue weighted by Gasteiger charge is -2.09. The number of hydrogen-bond acceptors (Lipinski definition) is 2. The Morgan fingerprint density at radius 2 is 2.06 bits per heavy atom. The Bertz CT molecular complexity index is 507. The van der Waals surface area contributed by atoms with Crippen LogP contribution >= 0.6 is 15.9 Å². The van der Waals surface area contributed by atoms with Crippen LogP contribution in [0, 0.1) is 13.8 Å². The average Bonchev–Trinajstić information content (AvgIpc) is 2.62. The van der Waals surface area contributed by atoms with E-state index in [1.807, 2.05) is 4.57 Å². The van der Waals surface area contributed by atoms with Gasteiger partial charge < -0.3 is 9.67 Å². The summed E-state index contributed by atoms with van der Waals surface area (Å²) < 4.78 is 1.99. The summed E-state index contributed by atoms with van der Waals surface area (Å²) in [6.07, 6.45) is 1.41. The summed E-state index contributed by atoms with van der Waals surface area (Å²) >= 11 is 3.27. The molecular formula is C12H15BrN2O. The summed E-state index contributed by atoms with van der Waals surface area (Å²) in [7, 11) is 0. The highest BCUT2D eigenvalue weighted by Crippen LogP contribution is 2.18. The van der Waals surface area contributed by atoms with Crippen molar-refractivity contribution in [2.24, 2.45) is 0 Å². The Labute approximate surface area is 103 Å². The highest BCUT2D eigenvalue weighted by Gasteiger charge is 2.08. The van der Waals surface area contributed by atoms with Crippen LogP contribution in [0.1, 0.15) is 11.1 Å². The molecule has 0 amide bonds. The second-order valence-electron chi connectivity index (χ2n) is 4.13. The Hall–Kier alpha value is -0.870. The first-order chi connectivity index (χ1) is 7.61. The monoisotopic (exact) mass is 282 g/mol. The van der Waals surface area contributed by atoms with E-state index >= 15 is 0 Å². The highest BCUT2D eigenvalue weighted by atomic mass is 79.9. The molecule has 0 saturated carbocycles.